The van der Waals surface area contributed by atoms with Gasteiger partial charge in [-0.3, -0.25) is 15.0 Å². The average Bonchev–Trinajstić information content (AvgIpc) is 2.27. The largest absolute Gasteiger partial charge is 0.288 e. The number of rotatable bonds is 1. The van der Waals surface area contributed by atoms with Gasteiger partial charge in [-0.2, -0.15) is 0 Å². The van der Waals surface area contributed by atoms with Gasteiger partial charge in [0.15, 0.2) is 0 Å². The Morgan fingerprint density at radius 2 is 2.07 bits per heavy atom. The van der Waals surface area contributed by atoms with Crippen LogP contribution in [-0.4, -0.2) is 16.1 Å². The molecule has 0 atom stereocenters. The molecule has 15 heavy (non-hydrogen) atoms. The van der Waals surface area contributed by atoms with Gasteiger partial charge in [0.25, 0.3) is 5.91 Å². The Bertz CT molecular complexity index is 523. The Morgan fingerprint density at radius 3 is 2.80 bits per heavy atom. The van der Waals surface area contributed by atoms with Gasteiger partial charge in [-0.15, -0.1) is 0 Å². The summed E-state index contributed by atoms with van der Waals surface area (Å²) in [6.45, 7) is 1.89. The zero-order valence-corrected chi connectivity index (χ0v) is 8.19. The maximum Gasteiger partial charge on any atom is 0.274 e. The molecular formula is C11H10N2O2. The summed E-state index contributed by atoms with van der Waals surface area (Å²) in [4.78, 5) is 15.4. The lowest BCUT2D eigenvalue weighted by atomic mass is 10.1. The van der Waals surface area contributed by atoms with Crippen LogP contribution in [0.4, 0.5) is 0 Å². The number of amides is 1. The fraction of sp³-hybridized carbons (Fsp3) is 0.0909. The molecule has 0 aliphatic heterocycles. The molecule has 1 aromatic carbocycles. The molecule has 1 aromatic heterocycles. The number of nitrogens with one attached hydrogen (secondary N) is 1. The number of pyridine rings is 1. The van der Waals surface area contributed by atoms with Crippen molar-refractivity contribution in [2.45, 2.75) is 6.92 Å². The summed E-state index contributed by atoms with van der Waals surface area (Å²) in [5, 5.41) is 9.46. The molecule has 0 bridgehead atoms. The van der Waals surface area contributed by atoms with Crippen molar-refractivity contribution >= 4 is 16.8 Å². The number of fused-ring (bicyclic) bond motifs is 1. The van der Waals surface area contributed by atoms with E-state index in [1.54, 1.807) is 23.7 Å². The zero-order chi connectivity index (χ0) is 10.8. The Kier molecular flexibility index (Phi) is 2.35. The fourth-order valence-electron chi connectivity index (χ4n) is 1.42. The monoisotopic (exact) mass is 202 g/mol. The molecule has 0 aliphatic rings. The molecule has 2 rings (SSSR count). The van der Waals surface area contributed by atoms with Crippen molar-refractivity contribution in [2.24, 2.45) is 0 Å². The highest BCUT2D eigenvalue weighted by atomic mass is 16.5. The van der Waals surface area contributed by atoms with E-state index in [0.29, 0.717) is 5.56 Å². The smallest absolute Gasteiger partial charge is 0.274 e. The maximum absolute atomic E-state index is 11.2. The second-order valence-corrected chi connectivity index (χ2v) is 3.30. The normalized spacial score (nSPS) is 10.3. The Morgan fingerprint density at radius 1 is 1.33 bits per heavy atom. The van der Waals surface area contributed by atoms with Crippen LogP contribution in [0.2, 0.25) is 0 Å². The van der Waals surface area contributed by atoms with Gasteiger partial charge in [0.05, 0.1) is 5.52 Å². The van der Waals surface area contributed by atoms with Crippen molar-refractivity contribution in [1.29, 1.82) is 0 Å². The van der Waals surface area contributed by atoms with Crippen molar-refractivity contribution < 1.29 is 10.0 Å². The van der Waals surface area contributed by atoms with E-state index in [0.717, 1.165) is 16.6 Å². The summed E-state index contributed by atoms with van der Waals surface area (Å²) in [6, 6.07) is 8.94. The van der Waals surface area contributed by atoms with E-state index in [-0.39, 0.29) is 0 Å². The number of aromatic nitrogens is 1. The van der Waals surface area contributed by atoms with Gasteiger partial charge in [-0.05, 0) is 25.1 Å². The van der Waals surface area contributed by atoms with Crippen LogP contribution in [0, 0.1) is 6.92 Å². The molecule has 0 saturated carbocycles. The molecule has 2 N–H and O–H groups in total. The molecule has 2 aromatic rings. The number of hydrogen-bond donors (Lipinski definition) is 2. The highest BCUT2D eigenvalue weighted by Crippen LogP contribution is 2.14. The summed E-state index contributed by atoms with van der Waals surface area (Å²) in [6.07, 6.45) is 0. The standard InChI is InChI=1S/C11H10N2O2/c1-7-2-3-8-4-5-9(11(14)13-15)6-10(8)12-7/h2-6,15H,1H3,(H,13,14). The SMILES string of the molecule is Cc1ccc2ccc(C(=O)NO)cc2n1. The van der Waals surface area contributed by atoms with E-state index in [9.17, 15) is 4.79 Å². The molecular weight excluding hydrogens is 192 g/mol. The highest BCUT2D eigenvalue weighted by molar-refractivity contribution is 5.97. The molecule has 1 amide bonds. The van der Waals surface area contributed by atoms with Crippen LogP contribution in [0.15, 0.2) is 30.3 Å². The van der Waals surface area contributed by atoms with E-state index in [1.165, 1.54) is 0 Å². The van der Waals surface area contributed by atoms with Crippen LogP contribution in [0.5, 0.6) is 0 Å². The first-order valence-electron chi connectivity index (χ1n) is 4.52. The molecule has 1 heterocycles. The van der Waals surface area contributed by atoms with Gasteiger partial charge in [0, 0.05) is 16.6 Å². The fourth-order valence-corrected chi connectivity index (χ4v) is 1.42. The molecule has 4 heteroatoms. The number of aryl methyl sites for hydroxylation is 1. The lowest BCUT2D eigenvalue weighted by Gasteiger charge is -2.02. The lowest BCUT2D eigenvalue weighted by molar-refractivity contribution is 0.0706. The Hall–Kier alpha value is -1.94. The quantitative estimate of drug-likeness (QED) is 0.546. The molecule has 76 valence electrons. The summed E-state index contributed by atoms with van der Waals surface area (Å²) in [5.41, 5.74) is 3.62. The van der Waals surface area contributed by atoms with E-state index < -0.39 is 5.91 Å². The minimum atomic E-state index is -0.528. The topological polar surface area (TPSA) is 62.2 Å². The van der Waals surface area contributed by atoms with Crippen LogP contribution in [0.1, 0.15) is 16.1 Å². The molecule has 0 unspecified atom stereocenters. The Labute approximate surface area is 86.5 Å². The molecule has 0 spiro atoms. The van der Waals surface area contributed by atoms with Crippen LogP contribution >= 0.6 is 0 Å². The zero-order valence-electron chi connectivity index (χ0n) is 8.19. The lowest BCUT2D eigenvalue weighted by Crippen LogP contribution is -2.18. The van der Waals surface area contributed by atoms with Crippen LogP contribution < -0.4 is 5.48 Å². The predicted molar refractivity (Wildman–Crippen MR) is 55.7 cm³/mol. The van der Waals surface area contributed by atoms with Gasteiger partial charge < -0.3 is 0 Å². The third-order valence-electron chi connectivity index (χ3n) is 2.20. The van der Waals surface area contributed by atoms with Gasteiger partial charge in [-0.25, -0.2) is 5.48 Å². The maximum atomic E-state index is 11.2. The minimum absolute atomic E-state index is 0.392. The van der Waals surface area contributed by atoms with Crippen molar-refractivity contribution in [3.63, 3.8) is 0 Å². The van der Waals surface area contributed by atoms with Gasteiger partial charge in [0.1, 0.15) is 0 Å². The van der Waals surface area contributed by atoms with Crippen LogP contribution in [-0.2, 0) is 0 Å². The number of carbonyl (C=O) groups excluding carboxylic acids is 1. The van der Waals surface area contributed by atoms with E-state index in [4.69, 9.17) is 5.21 Å². The number of hydrogen-bond acceptors (Lipinski definition) is 3. The Balaban J connectivity index is 2.59. The third-order valence-corrected chi connectivity index (χ3v) is 2.20. The number of carbonyl (C=O) groups is 1. The average molecular weight is 202 g/mol. The molecule has 0 aliphatic carbocycles. The first-order valence-corrected chi connectivity index (χ1v) is 4.52. The van der Waals surface area contributed by atoms with Crippen LogP contribution in [0.25, 0.3) is 10.9 Å². The second-order valence-electron chi connectivity index (χ2n) is 3.30. The van der Waals surface area contributed by atoms with Gasteiger partial charge in [0.2, 0.25) is 0 Å². The minimum Gasteiger partial charge on any atom is -0.288 e. The summed E-state index contributed by atoms with van der Waals surface area (Å²) in [5.74, 6) is -0.528. The first kappa shape index (κ1) is 9.61. The van der Waals surface area contributed by atoms with Crippen LogP contribution in [0.3, 0.4) is 0 Å². The van der Waals surface area contributed by atoms with Crippen molar-refractivity contribution in [1.82, 2.24) is 10.5 Å². The number of nitrogens with zero attached hydrogens (tertiary/aromatic N) is 1. The second kappa shape index (κ2) is 3.67. The van der Waals surface area contributed by atoms with E-state index >= 15 is 0 Å². The van der Waals surface area contributed by atoms with Gasteiger partial charge in [-0.1, -0.05) is 12.1 Å². The number of hydroxylamine groups is 1. The number of benzene rings is 1. The first-order chi connectivity index (χ1) is 7.20. The van der Waals surface area contributed by atoms with E-state index in [2.05, 4.69) is 4.98 Å². The summed E-state index contributed by atoms with van der Waals surface area (Å²) >= 11 is 0. The predicted octanol–water partition coefficient (Wildman–Crippen LogP) is 1.66. The molecule has 4 nitrogen and oxygen atoms in total. The van der Waals surface area contributed by atoms with Crippen molar-refractivity contribution in [3.8, 4) is 0 Å². The van der Waals surface area contributed by atoms with Crippen molar-refractivity contribution in [3.05, 3.63) is 41.6 Å². The summed E-state index contributed by atoms with van der Waals surface area (Å²) in [7, 11) is 0. The third kappa shape index (κ3) is 1.80. The van der Waals surface area contributed by atoms with Crippen molar-refractivity contribution in [2.75, 3.05) is 0 Å². The molecule has 0 fully saturated rings. The van der Waals surface area contributed by atoms with E-state index in [1.807, 2.05) is 19.1 Å². The van der Waals surface area contributed by atoms with Gasteiger partial charge >= 0.3 is 0 Å². The molecule has 0 radical (unpaired) electrons. The summed E-state index contributed by atoms with van der Waals surface area (Å²) < 4.78 is 0. The highest BCUT2D eigenvalue weighted by Gasteiger charge is 2.05. The molecule has 0 saturated heterocycles.